The van der Waals surface area contributed by atoms with E-state index in [4.69, 9.17) is 4.74 Å². The summed E-state index contributed by atoms with van der Waals surface area (Å²) >= 11 is 3.40. The van der Waals surface area contributed by atoms with Gasteiger partial charge in [-0.15, -0.1) is 0 Å². The second-order valence-electron chi connectivity index (χ2n) is 4.59. The van der Waals surface area contributed by atoms with Gasteiger partial charge in [-0.1, -0.05) is 15.9 Å². The van der Waals surface area contributed by atoms with Crippen LogP contribution in [0.4, 0.5) is 5.69 Å². The SMILES string of the molecule is COc1ccc(C(=O)N2CCCC2CBr)cc1[N+](=O)[O-]. The van der Waals surface area contributed by atoms with E-state index in [0.29, 0.717) is 12.1 Å². The summed E-state index contributed by atoms with van der Waals surface area (Å²) in [5.41, 5.74) is 0.137. The minimum atomic E-state index is -0.540. The summed E-state index contributed by atoms with van der Waals surface area (Å²) in [4.78, 5) is 24.6. The number of halogens is 1. The summed E-state index contributed by atoms with van der Waals surface area (Å²) in [5, 5.41) is 11.7. The Hall–Kier alpha value is -1.63. The Morgan fingerprint density at radius 2 is 2.35 bits per heavy atom. The fourth-order valence-electron chi connectivity index (χ4n) is 2.40. The number of rotatable bonds is 4. The van der Waals surface area contributed by atoms with Crippen LogP contribution >= 0.6 is 15.9 Å². The third kappa shape index (κ3) is 2.77. The van der Waals surface area contributed by atoms with Gasteiger partial charge in [0.1, 0.15) is 0 Å². The molecule has 0 aliphatic carbocycles. The van der Waals surface area contributed by atoms with Gasteiger partial charge in [-0.3, -0.25) is 14.9 Å². The Bertz CT molecular complexity index is 535. The van der Waals surface area contributed by atoms with E-state index in [0.717, 1.165) is 18.2 Å². The van der Waals surface area contributed by atoms with Gasteiger partial charge in [0.25, 0.3) is 5.91 Å². The van der Waals surface area contributed by atoms with E-state index in [9.17, 15) is 14.9 Å². The first-order valence-electron chi connectivity index (χ1n) is 6.28. The fourth-order valence-corrected chi connectivity index (χ4v) is 3.07. The molecule has 1 saturated heterocycles. The molecular formula is C13H15BrN2O4. The van der Waals surface area contributed by atoms with Crippen LogP contribution < -0.4 is 4.74 Å². The van der Waals surface area contributed by atoms with Crippen molar-refractivity contribution in [1.29, 1.82) is 0 Å². The van der Waals surface area contributed by atoms with E-state index in [2.05, 4.69) is 15.9 Å². The van der Waals surface area contributed by atoms with E-state index in [1.807, 2.05) is 0 Å². The second kappa shape index (κ2) is 6.21. The van der Waals surface area contributed by atoms with Crippen LogP contribution in [-0.4, -0.2) is 40.8 Å². The molecule has 1 aromatic carbocycles. The van der Waals surface area contributed by atoms with Crippen LogP contribution in [0, 0.1) is 10.1 Å². The van der Waals surface area contributed by atoms with Gasteiger partial charge in [-0.25, -0.2) is 0 Å². The average Bonchev–Trinajstić information content (AvgIpc) is 2.94. The first-order valence-corrected chi connectivity index (χ1v) is 7.40. The molecule has 0 N–H and O–H groups in total. The minimum absolute atomic E-state index is 0.156. The number of alkyl halides is 1. The number of amides is 1. The summed E-state index contributed by atoms with van der Waals surface area (Å²) in [6.07, 6.45) is 1.91. The van der Waals surface area contributed by atoms with Crippen LogP contribution in [0.25, 0.3) is 0 Å². The smallest absolute Gasteiger partial charge is 0.311 e. The molecule has 1 fully saturated rings. The number of hydrogen-bond acceptors (Lipinski definition) is 4. The summed E-state index contributed by atoms with van der Waals surface area (Å²) in [5.74, 6) is -0.0114. The molecule has 1 aliphatic heterocycles. The van der Waals surface area contributed by atoms with Crippen LogP contribution in [0.2, 0.25) is 0 Å². The molecular weight excluding hydrogens is 328 g/mol. The molecule has 0 bridgehead atoms. The predicted octanol–water partition coefficient (Wildman–Crippen LogP) is 2.60. The normalized spacial score (nSPS) is 18.1. The largest absolute Gasteiger partial charge is 0.490 e. The maximum absolute atomic E-state index is 12.4. The molecule has 1 atom stereocenters. The predicted molar refractivity (Wildman–Crippen MR) is 77.5 cm³/mol. The molecule has 1 unspecified atom stereocenters. The van der Waals surface area contributed by atoms with Gasteiger partial charge in [0.05, 0.1) is 12.0 Å². The maximum Gasteiger partial charge on any atom is 0.311 e. The van der Waals surface area contributed by atoms with Crippen LogP contribution in [0.1, 0.15) is 23.2 Å². The maximum atomic E-state index is 12.4. The summed E-state index contributed by atoms with van der Waals surface area (Å²) < 4.78 is 4.94. The van der Waals surface area contributed by atoms with Crippen LogP contribution in [0.5, 0.6) is 5.75 Å². The number of nitrogens with zero attached hydrogens (tertiary/aromatic N) is 2. The Labute approximate surface area is 125 Å². The highest BCUT2D eigenvalue weighted by Gasteiger charge is 2.29. The minimum Gasteiger partial charge on any atom is -0.490 e. The molecule has 1 amide bonds. The average molecular weight is 343 g/mol. The number of carbonyl (C=O) groups is 1. The van der Waals surface area contributed by atoms with E-state index in [-0.39, 0.29) is 23.4 Å². The van der Waals surface area contributed by atoms with Crippen molar-refractivity contribution in [3.05, 3.63) is 33.9 Å². The van der Waals surface area contributed by atoms with Crippen molar-refractivity contribution in [2.24, 2.45) is 0 Å². The van der Waals surface area contributed by atoms with E-state index < -0.39 is 4.92 Å². The summed E-state index contributed by atoms with van der Waals surface area (Å²) in [6.45, 7) is 0.689. The first kappa shape index (κ1) is 14.8. The Morgan fingerprint density at radius 1 is 1.60 bits per heavy atom. The molecule has 20 heavy (non-hydrogen) atoms. The van der Waals surface area contributed by atoms with Crippen molar-refractivity contribution in [2.45, 2.75) is 18.9 Å². The van der Waals surface area contributed by atoms with Crippen molar-refractivity contribution in [2.75, 3.05) is 19.0 Å². The van der Waals surface area contributed by atoms with Gasteiger partial charge < -0.3 is 9.64 Å². The van der Waals surface area contributed by atoms with Crippen molar-refractivity contribution in [3.63, 3.8) is 0 Å². The Morgan fingerprint density at radius 3 is 2.95 bits per heavy atom. The van der Waals surface area contributed by atoms with Crippen molar-refractivity contribution >= 4 is 27.5 Å². The monoisotopic (exact) mass is 342 g/mol. The number of likely N-dealkylation sites (tertiary alicyclic amines) is 1. The molecule has 1 aliphatic rings. The molecule has 7 heteroatoms. The zero-order valence-electron chi connectivity index (χ0n) is 11.0. The summed E-state index contributed by atoms with van der Waals surface area (Å²) in [6, 6.07) is 4.47. The highest BCUT2D eigenvalue weighted by Crippen LogP contribution is 2.29. The van der Waals surface area contributed by atoms with Crippen LogP contribution in [-0.2, 0) is 0 Å². The third-order valence-corrected chi connectivity index (χ3v) is 4.19. The topological polar surface area (TPSA) is 72.7 Å². The van der Waals surface area contributed by atoms with Crippen molar-refractivity contribution in [1.82, 2.24) is 4.90 Å². The number of methoxy groups -OCH3 is 1. The zero-order chi connectivity index (χ0) is 14.7. The van der Waals surface area contributed by atoms with Gasteiger partial charge >= 0.3 is 5.69 Å². The highest BCUT2D eigenvalue weighted by atomic mass is 79.9. The molecule has 2 rings (SSSR count). The third-order valence-electron chi connectivity index (χ3n) is 3.44. The molecule has 1 aromatic rings. The van der Waals surface area contributed by atoms with E-state index >= 15 is 0 Å². The number of nitro benzene ring substituents is 1. The van der Waals surface area contributed by atoms with E-state index in [1.165, 1.54) is 19.2 Å². The number of hydrogen-bond donors (Lipinski definition) is 0. The van der Waals surface area contributed by atoms with Gasteiger partial charge in [0, 0.05) is 29.5 Å². The quantitative estimate of drug-likeness (QED) is 0.479. The Kier molecular flexibility index (Phi) is 4.59. The fraction of sp³-hybridized carbons (Fsp3) is 0.462. The first-order chi connectivity index (χ1) is 9.58. The van der Waals surface area contributed by atoms with Crippen LogP contribution in [0.15, 0.2) is 18.2 Å². The molecule has 0 spiro atoms. The standard InChI is InChI=1S/C13H15BrN2O4/c1-20-12-5-4-9(7-11(12)16(18)19)13(17)15-6-2-3-10(15)8-14/h4-5,7,10H,2-3,6,8H2,1H3. The second-order valence-corrected chi connectivity index (χ2v) is 5.24. The number of nitro groups is 1. The van der Waals surface area contributed by atoms with Crippen molar-refractivity contribution < 1.29 is 14.5 Å². The van der Waals surface area contributed by atoms with Gasteiger partial charge in [0.15, 0.2) is 5.75 Å². The number of benzene rings is 1. The van der Waals surface area contributed by atoms with E-state index in [1.54, 1.807) is 11.0 Å². The molecule has 108 valence electrons. The molecule has 1 heterocycles. The van der Waals surface area contributed by atoms with Gasteiger partial charge in [-0.2, -0.15) is 0 Å². The lowest BCUT2D eigenvalue weighted by atomic mass is 10.1. The summed E-state index contributed by atoms with van der Waals surface area (Å²) in [7, 11) is 1.37. The van der Waals surface area contributed by atoms with Gasteiger partial charge in [-0.05, 0) is 25.0 Å². The molecule has 6 nitrogen and oxygen atoms in total. The lowest BCUT2D eigenvalue weighted by Gasteiger charge is -2.23. The lowest BCUT2D eigenvalue weighted by Crippen LogP contribution is -2.36. The number of ether oxygens (including phenoxy) is 1. The molecule has 0 radical (unpaired) electrons. The lowest BCUT2D eigenvalue weighted by molar-refractivity contribution is -0.385. The number of carbonyl (C=O) groups excluding carboxylic acids is 1. The van der Waals surface area contributed by atoms with Gasteiger partial charge in [0.2, 0.25) is 0 Å². The van der Waals surface area contributed by atoms with Crippen molar-refractivity contribution in [3.8, 4) is 5.75 Å². The molecule has 0 saturated carbocycles. The Balaban J connectivity index is 2.31. The van der Waals surface area contributed by atoms with Crippen LogP contribution in [0.3, 0.4) is 0 Å². The highest BCUT2D eigenvalue weighted by molar-refractivity contribution is 9.09. The molecule has 0 aromatic heterocycles. The zero-order valence-corrected chi connectivity index (χ0v) is 12.6.